The van der Waals surface area contributed by atoms with Crippen LogP contribution in [0.25, 0.3) is 0 Å². The zero-order chi connectivity index (χ0) is 18.3. The topological polar surface area (TPSA) is 27.7 Å². The highest BCUT2D eigenvalue weighted by atomic mass is 35.5. The quantitative estimate of drug-likeness (QED) is 0.693. The molecule has 2 aliphatic rings. The van der Waals surface area contributed by atoms with Crippen molar-refractivity contribution in [2.75, 3.05) is 14.2 Å². The maximum atomic E-state index is 14.7. The van der Waals surface area contributed by atoms with Gasteiger partial charge in [-0.25, -0.2) is 4.39 Å². The summed E-state index contributed by atoms with van der Waals surface area (Å²) in [5, 5.41) is 0.380. The Labute approximate surface area is 158 Å². The van der Waals surface area contributed by atoms with Crippen molar-refractivity contribution in [2.24, 2.45) is 0 Å². The Hall–Kier alpha value is -1.78. The lowest BCUT2D eigenvalue weighted by atomic mass is 9.75. The van der Waals surface area contributed by atoms with Gasteiger partial charge in [-0.2, -0.15) is 0 Å². The zero-order valence-corrected chi connectivity index (χ0v) is 15.7. The molecule has 1 saturated carbocycles. The van der Waals surface area contributed by atoms with E-state index < -0.39 is 6.10 Å². The largest absolute Gasteiger partial charge is 0.493 e. The van der Waals surface area contributed by atoms with Crippen LogP contribution in [0.2, 0.25) is 5.02 Å². The molecule has 0 amide bonds. The van der Waals surface area contributed by atoms with Crippen molar-refractivity contribution in [3.05, 3.63) is 57.9 Å². The van der Waals surface area contributed by atoms with E-state index in [0.29, 0.717) is 28.0 Å². The summed E-state index contributed by atoms with van der Waals surface area (Å²) in [7, 11) is 3.23. The molecule has 0 saturated heterocycles. The van der Waals surface area contributed by atoms with Crippen molar-refractivity contribution in [1.82, 2.24) is 0 Å². The smallest absolute Gasteiger partial charge is 0.161 e. The molecule has 1 aliphatic carbocycles. The monoisotopic (exact) mass is 376 g/mol. The molecular formula is C21H22ClFO3. The highest BCUT2D eigenvalue weighted by Crippen LogP contribution is 2.50. The molecule has 26 heavy (non-hydrogen) atoms. The van der Waals surface area contributed by atoms with E-state index in [2.05, 4.69) is 0 Å². The van der Waals surface area contributed by atoms with Crippen molar-refractivity contribution in [3.8, 4) is 11.5 Å². The minimum Gasteiger partial charge on any atom is -0.493 e. The second kappa shape index (κ2) is 7.09. The van der Waals surface area contributed by atoms with Gasteiger partial charge in [0.2, 0.25) is 0 Å². The van der Waals surface area contributed by atoms with E-state index in [1.807, 2.05) is 12.1 Å². The standard InChI is InChI=1S/C21H22ClFO3/c1-24-18-10-13-12-6-3-4-9-17(12)26-21(14(13)11-19(18)25-2)20-15(22)7-5-8-16(20)23/h5,7-8,10-12,17,21H,3-4,6,9H2,1-2H3/t12-,17-,21+/m0/s1. The summed E-state index contributed by atoms with van der Waals surface area (Å²) in [5.41, 5.74) is 2.47. The number of ether oxygens (including phenoxy) is 3. The van der Waals surface area contributed by atoms with Crippen LogP contribution in [-0.2, 0) is 4.74 Å². The fourth-order valence-electron chi connectivity index (χ4n) is 4.31. The van der Waals surface area contributed by atoms with Crippen LogP contribution < -0.4 is 9.47 Å². The Morgan fingerprint density at radius 2 is 1.73 bits per heavy atom. The molecule has 0 radical (unpaired) electrons. The molecule has 3 nitrogen and oxygen atoms in total. The first-order valence-corrected chi connectivity index (χ1v) is 9.37. The van der Waals surface area contributed by atoms with Gasteiger partial charge in [-0.1, -0.05) is 30.5 Å². The Morgan fingerprint density at radius 1 is 1.04 bits per heavy atom. The lowest BCUT2D eigenvalue weighted by Crippen LogP contribution is -2.34. The number of rotatable bonds is 3. The average Bonchev–Trinajstić information content (AvgIpc) is 2.66. The van der Waals surface area contributed by atoms with Gasteiger partial charge in [0.05, 0.1) is 20.3 Å². The van der Waals surface area contributed by atoms with E-state index in [0.717, 1.165) is 30.4 Å². The molecule has 1 fully saturated rings. The molecule has 5 heteroatoms. The van der Waals surface area contributed by atoms with Crippen LogP contribution in [0, 0.1) is 5.82 Å². The lowest BCUT2D eigenvalue weighted by Gasteiger charge is -2.41. The van der Waals surface area contributed by atoms with Crippen molar-refractivity contribution in [1.29, 1.82) is 0 Å². The van der Waals surface area contributed by atoms with Gasteiger partial charge in [0, 0.05) is 16.5 Å². The Bertz CT molecular complexity index is 803. The van der Waals surface area contributed by atoms with E-state index in [1.54, 1.807) is 26.4 Å². The molecule has 2 aromatic carbocycles. The maximum Gasteiger partial charge on any atom is 0.161 e. The van der Waals surface area contributed by atoms with Gasteiger partial charge in [-0.3, -0.25) is 0 Å². The van der Waals surface area contributed by atoms with Crippen molar-refractivity contribution >= 4 is 11.6 Å². The van der Waals surface area contributed by atoms with Gasteiger partial charge in [0.1, 0.15) is 11.9 Å². The van der Waals surface area contributed by atoms with Gasteiger partial charge >= 0.3 is 0 Å². The number of benzene rings is 2. The van der Waals surface area contributed by atoms with Crippen molar-refractivity contribution in [3.63, 3.8) is 0 Å². The van der Waals surface area contributed by atoms with Crippen LogP contribution in [0.5, 0.6) is 11.5 Å². The summed E-state index contributed by atoms with van der Waals surface area (Å²) >= 11 is 6.36. The molecule has 2 aromatic rings. The predicted octanol–water partition coefficient (Wildman–Crippen LogP) is 5.64. The fourth-order valence-corrected chi connectivity index (χ4v) is 4.57. The Balaban J connectivity index is 1.92. The van der Waals surface area contributed by atoms with Crippen LogP contribution in [0.1, 0.15) is 54.4 Å². The molecule has 0 unspecified atom stereocenters. The molecule has 0 spiro atoms. The van der Waals surface area contributed by atoms with Gasteiger partial charge in [-0.15, -0.1) is 0 Å². The van der Waals surface area contributed by atoms with Gasteiger partial charge in [0.15, 0.2) is 11.5 Å². The molecule has 138 valence electrons. The summed E-state index contributed by atoms with van der Waals surface area (Å²) in [6, 6.07) is 8.69. The van der Waals surface area contributed by atoms with E-state index >= 15 is 0 Å². The minimum atomic E-state index is -0.544. The second-order valence-corrected chi connectivity index (χ2v) is 7.32. The fraction of sp³-hybridized carbons (Fsp3) is 0.429. The number of fused-ring (bicyclic) bond motifs is 3. The van der Waals surface area contributed by atoms with E-state index in [1.165, 1.54) is 12.5 Å². The van der Waals surface area contributed by atoms with E-state index in [-0.39, 0.29) is 11.9 Å². The highest BCUT2D eigenvalue weighted by molar-refractivity contribution is 6.31. The van der Waals surface area contributed by atoms with Crippen LogP contribution in [0.3, 0.4) is 0 Å². The van der Waals surface area contributed by atoms with Gasteiger partial charge in [0.25, 0.3) is 0 Å². The SMILES string of the molecule is COc1cc2c(cc1OC)[C@@H]1CCCC[C@@H]1O[C@H]2c1c(F)cccc1Cl. The van der Waals surface area contributed by atoms with Crippen LogP contribution in [0.15, 0.2) is 30.3 Å². The summed E-state index contributed by atoms with van der Waals surface area (Å²) in [6.07, 6.45) is 3.85. The van der Waals surface area contributed by atoms with Crippen molar-refractivity contribution in [2.45, 2.75) is 43.8 Å². The lowest BCUT2D eigenvalue weighted by molar-refractivity contribution is -0.0403. The number of halogens is 2. The summed E-state index contributed by atoms with van der Waals surface area (Å²) < 4.78 is 32.1. The predicted molar refractivity (Wildman–Crippen MR) is 98.9 cm³/mol. The van der Waals surface area contributed by atoms with E-state index in [9.17, 15) is 4.39 Å². The number of hydrogen-bond donors (Lipinski definition) is 0. The molecular weight excluding hydrogens is 355 g/mol. The third-order valence-electron chi connectivity index (χ3n) is 5.55. The zero-order valence-electron chi connectivity index (χ0n) is 14.9. The number of methoxy groups -OCH3 is 2. The van der Waals surface area contributed by atoms with Crippen LogP contribution in [-0.4, -0.2) is 20.3 Å². The van der Waals surface area contributed by atoms with Gasteiger partial charge < -0.3 is 14.2 Å². The van der Waals surface area contributed by atoms with Crippen LogP contribution in [0.4, 0.5) is 4.39 Å². The first kappa shape index (κ1) is 17.6. The number of hydrogen-bond acceptors (Lipinski definition) is 3. The Morgan fingerprint density at radius 3 is 2.42 bits per heavy atom. The summed E-state index contributed by atoms with van der Waals surface area (Å²) in [6.45, 7) is 0. The molecule has 3 atom stereocenters. The Kier molecular flexibility index (Phi) is 4.80. The molecule has 0 aromatic heterocycles. The minimum absolute atomic E-state index is 0.0648. The summed E-state index contributed by atoms with van der Waals surface area (Å²) in [4.78, 5) is 0. The normalized spacial score (nSPS) is 24.5. The third-order valence-corrected chi connectivity index (χ3v) is 5.88. The first-order valence-electron chi connectivity index (χ1n) is 8.99. The average molecular weight is 377 g/mol. The highest BCUT2D eigenvalue weighted by Gasteiger charge is 2.40. The third kappa shape index (κ3) is 2.85. The van der Waals surface area contributed by atoms with Crippen LogP contribution >= 0.6 is 11.6 Å². The van der Waals surface area contributed by atoms with E-state index in [4.69, 9.17) is 25.8 Å². The van der Waals surface area contributed by atoms with Crippen molar-refractivity contribution < 1.29 is 18.6 Å². The molecule has 0 N–H and O–H groups in total. The molecule has 4 rings (SSSR count). The molecule has 1 heterocycles. The second-order valence-electron chi connectivity index (χ2n) is 6.92. The van der Waals surface area contributed by atoms with Gasteiger partial charge in [-0.05, 0) is 48.2 Å². The molecule has 1 aliphatic heterocycles. The summed E-state index contributed by atoms with van der Waals surface area (Å²) in [5.74, 6) is 1.25. The maximum absolute atomic E-state index is 14.7. The molecule has 0 bridgehead atoms. The first-order chi connectivity index (χ1) is 12.6.